The molecule has 2 aromatic carbocycles. The van der Waals surface area contributed by atoms with Crippen LogP contribution in [0.1, 0.15) is 5.56 Å². The van der Waals surface area contributed by atoms with E-state index in [0.29, 0.717) is 16.6 Å². The summed E-state index contributed by atoms with van der Waals surface area (Å²) in [6.07, 6.45) is 3.28. The van der Waals surface area contributed by atoms with Gasteiger partial charge in [0.05, 0.1) is 30.3 Å². The Bertz CT molecular complexity index is 1240. The van der Waals surface area contributed by atoms with Crippen molar-refractivity contribution in [2.75, 3.05) is 35.1 Å². The summed E-state index contributed by atoms with van der Waals surface area (Å²) in [4.78, 5) is 33.1. The van der Waals surface area contributed by atoms with Gasteiger partial charge in [0.1, 0.15) is 5.70 Å². The molecule has 2 amide bonds. The van der Waals surface area contributed by atoms with Gasteiger partial charge in [0.15, 0.2) is 5.17 Å². The number of amidine groups is 1. The number of nitrogens with one attached hydrogen (secondary N) is 1. The molecule has 168 valence electrons. The van der Waals surface area contributed by atoms with Gasteiger partial charge < -0.3 is 0 Å². The van der Waals surface area contributed by atoms with Crippen LogP contribution in [0.15, 0.2) is 80.5 Å². The fourth-order valence-corrected chi connectivity index (χ4v) is 4.17. The number of aromatic nitrogens is 2. The summed E-state index contributed by atoms with van der Waals surface area (Å²) in [5, 5.41) is 8.54. The van der Waals surface area contributed by atoms with Crippen LogP contribution in [0.2, 0.25) is 0 Å². The number of para-hydroxylation sites is 1. The van der Waals surface area contributed by atoms with Crippen molar-refractivity contribution in [3.8, 4) is 0 Å². The number of thioether (sulfide) groups is 1. The molecule has 1 aromatic heterocycles. The molecule has 0 atom stereocenters. The zero-order valence-electron chi connectivity index (χ0n) is 17.8. The first-order chi connectivity index (χ1) is 15.9. The van der Waals surface area contributed by atoms with E-state index in [9.17, 15) is 9.59 Å². The summed E-state index contributed by atoms with van der Waals surface area (Å²) >= 11 is 4.60. The van der Waals surface area contributed by atoms with Gasteiger partial charge in [-0.05, 0) is 35.9 Å². The Hall–Kier alpha value is -3.44. The van der Waals surface area contributed by atoms with Crippen LogP contribution in [0.25, 0.3) is 6.08 Å². The normalized spacial score (nSPS) is 14.5. The molecule has 0 saturated carbocycles. The third kappa shape index (κ3) is 5.49. The second-order valence-corrected chi connectivity index (χ2v) is 8.98. The van der Waals surface area contributed by atoms with E-state index in [1.807, 2.05) is 54.6 Å². The predicted octanol–water partition coefficient (Wildman–Crippen LogP) is 3.04. The molecule has 0 aliphatic carbocycles. The summed E-state index contributed by atoms with van der Waals surface area (Å²) in [7, 11) is 3.58. The van der Waals surface area contributed by atoms with Gasteiger partial charge in [-0.1, -0.05) is 58.0 Å². The highest BCUT2D eigenvalue weighted by Gasteiger charge is 2.32. The van der Waals surface area contributed by atoms with E-state index in [2.05, 4.69) is 31.5 Å². The number of amides is 2. The minimum atomic E-state index is -0.311. The molecule has 1 aliphatic heterocycles. The molecule has 9 nitrogen and oxygen atoms in total. The molecule has 0 bridgehead atoms. The number of halogens is 1. The highest BCUT2D eigenvalue weighted by molar-refractivity contribution is 9.10. The molecule has 1 aliphatic rings. The molecule has 4 rings (SSSR count). The van der Waals surface area contributed by atoms with Gasteiger partial charge in [0.25, 0.3) is 12.1 Å². The van der Waals surface area contributed by atoms with Crippen molar-refractivity contribution in [3.05, 3.63) is 76.5 Å². The molecule has 0 fully saturated rings. The zero-order valence-corrected chi connectivity index (χ0v) is 20.2. The highest BCUT2D eigenvalue weighted by Crippen LogP contribution is 2.29. The fourth-order valence-electron chi connectivity index (χ4n) is 2.94. The minimum Gasteiger partial charge on any atom is -0.288 e. The maximum Gasteiger partial charge on any atom is 0.305 e. The van der Waals surface area contributed by atoms with Gasteiger partial charge in [-0.15, -0.1) is 0 Å². The smallest absolute Gasteiger partial charge is 0.288 e. The molecule has 3 aromatic rings. The first-order valence-corrected chi connectivity index (χ1v) is 11.6. The third-order valence-electron chi connectivity index (χ3n) is 4.46. The Kier molecular flexibility index (Phi) is 6.90. The topological polar surface area (TPSA) is 94.9 Å². The predicted molar refractivity (Wildman–Crippen MR) is 131 cm³/mol. The quantitative estimate of drug-likeness (QED) is 0.391. The lowest BCUT2D eigenvalue weighted by atomic mass is 10.2. The second-order valence-electron chi connectivity index (χ2n) is 7.13. The maximum atomic E-state index is 13.2. The average Bonchev–Trinajstić information content (AvgIpc) is 3.38. The summed E-state index contributed by atoms with van der Waals surface area (Å²) < 4.78 is 5.99. The molecule has 0 saturated heterocycles. The van der Waals surface area contributed by atoms with Crippen LogP contribution >= 0.6 is 27.7 Å². The van der Waals surface area contributed by atoms with Crippen molar-refractivity contribution >= 4 is 62.3 Å². The van der Waals surface area contributed by atoms with E-state index < -0.39 is 0 Å². The molecular weight excluding hydrogens is 508 g/mol. The van der Waals surface area contributed by atoms with E-state index in [1.165, 1.54) is 9.69 Å². The Morgan fingerprint density at radius 3 is 2.73 bits per heavy atom. The van der Waals surface area contributed by atoms with E-state index in [0.717, 1.165) is 21.8 Å². The Morgan fingerprint density at radius 1 is 1.24 bits per heavy atom. The van der Waals surface area contributed by atoms with Gasteiger partial charge in [-0.2, -0.15) is 5.01 Å². The summed E-state index contributed by atoms with van der Waals surface area (Å²) in [6, 6.07) is 16.8. The number of hydrogen-bond donors (Lipinski definition) is 1. The summed E-state index contributed by atoms with van der Waals surface area (Å²) in [5.41, 5.74) is 1.81. The molecule has 1 N–H and O–H groups in total. The molecule has 0 radical (unpaired) electrons. The number of nitrogens with zero attached hydrogens (tertiary/aromatic N) is 5. The largest absolute Gasteiger partial charge is 0.305 e. The molecule has 0 unspecified atom stereocenters. The number of hydrogen-bond acceptors (Lipinski definition) is 7. The number of benzene rings is 2. The number of carbonyl (C=O) groups is 2. The van der Waals surface area contributed by atoms with Crippen molar-refractivity contribution in [1.82, 2.24) is 5.27 Å². The lowest BCUT2D eigenvalue weighted by molar-refractivity contribution is -0.753. The first-order valence-electron chi connectivity index (χ1n) is 9.85. The maximum absolute atomic E-state index is 13.2. The standard InChI is InChI=1S/C22H19BrN6O3S/c1-27(2)28-13-20(32-26-28)25-19(30)14-33-22-24-18(12-15-7-6-8-16(23)11-15)21(31)29(22)17-9-4-3-5-10-17/h3-13H,14H2,1-2H3/p+1/b18-12+. The van der Waals surface area contributed by atoms with Crippen molar-refractivity contribution in [2.45, 2.75) is 0 Å². The number of anilines is 2. The molecule has 2 heterocycles. The molecular formula is C22H20BrN6O3S+. The lowest BCUT2D eigenvalue weighted by Crippen LogP contribution is -2.53. The summed E-state index contributed by atoms with van der Waals surface area (Å²) in [6.45, 7) is 0. The third-order valence-corrected chi connectivity index (χ3v) is 5.89. The Morgan fingerprint density at radius 2 is 2.03 bits per heavy atom. The van der Waals surface area contributed by atoms with Crippen LogP contribution in [0.3, 0.4) is 0 Å². The number of rotatable bonds is 6. The molecule has 33 heavy (non-hydrogen) atoms. The average molecular weight is 528 g/mol. The second kappa shape index (κ2) is 10.0. The van der Waals surface area contributed by atoms with E-state index >= 15 is 0 Å². The van der Waals surface area contributed by atoms with Crippen molar-refractivity contribution < 1.29 is 18.9 Å². The summed E-state index contributed by atoms with van der Waals surface area (Å²) in [5.74, 6) is -0.322. The molecule has 0 spiro atoms. The van der Waals surface area contributed by atoms with E-state index in [4.69, 9.17) is 4.52 Å². The van der Waals surface area contributed by atoms with Crippen LogP contribution < -0.4 is 20.0 Å². The molecule has 11 heteroatoms. The van der Waals surface area contributed by atoms with Gasteiger partial charge in [-0.25, -0.2) is 4.99 Å². The Balaban J connectivity index is 1.53. The van der Waals surface area contributed by atoms with Crippen LogP contribution in [-0.2, 0) is 9.59 Å². The van der Waals surface area contributed by atoms with Crippen LogP contribution in [0.5, 0.6) is 0 Å². The number of aliphatic imine (C=N–C) groups is 1. The fraction of sp³-hybridized carbons (Fsp3) is 0.136. The zero-order chi connectivity index (χ0) is 23.4. The van der Waals surface area contributed by atoms with Crippen LogP contribution in [-0.4, -0.2) is 42.1 Å². The van der Waals surface area contributed by atoms with Gasteiger partial charge >= 0.3 is 5.88 Å². The highest BCUT2D eigenvalue weighted by atomic mass is 79.9. The van der Waals surface area contributed by atoms with E-state index in [1.54, 1.807) is 31.4 Å². The van der Waals surface area contributed by atoms with Crippen LogP contribution in [0, 0.1) is 0 Å². The van der Waals surface area contributed by atoms with Gasteiger partial charge in [0, 0.05) is 4.47 Å². The minimum absolute atomic E-state index is 0.0300. The first kappa shape index (κ1) is 22.7. The van der Waals surface area contributed by atoms with Gasteiger partial charge in [-0.3, -0.25) is 24.3 Å². The lowest BCUT2D eigenvalue weighted by Gasteiger charge is -2.17. The SMILES string of the molecule is CN(C)[n+]1cc(NC(=O)CSC2=N/C(=C/c3cccc(Br)c3)C(=O)N2c2ccccc2)on1. The van der Waals surface area contributed by atoms with Gasteiger partial charge in [0.2, 0.25) is 11.2 Å². The van der Waals surface area contributed by atoms with Crippen molar-refractivity contribution in [2.24, 2.45) is 4.99 Å². The van der Waals surface area contributed by atoms with E-state index in [-0.39, 0.29) is 23.5 Å². The number of carbonyl (C=O) groups excluding carboxylic acids is 2. The van der Waals surface area contributed by atoms with Crippen molar-refractivity contribution in [3.63, 3.8) is 0 Å². The Labute approximate surface area is 202 Å². The van der Waals surface area contributed by atoms with Crippen molar-refractivity contribution in [1.29, 1.82) is 0 Å². The monoisotopic (exact) mass is 527 g/mol. The van der Waals surface area contributed by atoms with Crippen LogP contribution in [0.4, 0.5) is 11.6 Å².